The van der Waals surface area contributed by atoms with Crippen molar-refractivity contribution in [3.63, 3.8) is 0 Å². The number of oxime groups is 1. The molecule has 0 fully saturated rings. The minimum absolute atomic E-state index is 0.0600. The molecule has 0 aromatic carbocycles. The molecule has 6 heteroatoms. The Bertz CT molecular complexity index is 316. The van der Waals surface area contributed by atoms with Gasteiger partial charge in [-0.1, -0.05) is 25.9 Å². The van der Waals surface area contributed by atoms with E-state index in [0.29, 0.717) is 18.6 Å². The Morgan fingerprint density at radius 1 is 1.53 bits per heavy atom. The van der Waals surface area contributed by atoms with Gasteiger partial charge in [0.25, 0.3) is 0 Å². The molecule has 17 heavy (non-hydrogen) atoms. The highest BCUT2D eigenvalue weighted by Crippen LogP contribution is 2.24. The van der Waals surface area contributed by atoms with Crippen molar-refractivity contribution in [2.75, 3.05) is 12.8 Å². The van der Waals surface area contributed by atoms with Gasteiger partial charge in [-0.2, -0.15) is 5.26 Å². The fourth-order valence-corrected chi connectivity index (χ4v) is 1.97. The summed E-state index contributed by atoms with van der Waals surface area (Å²) in [4.78, 5) is 15.6. The number of amides is 1. The third-order valence-electron chi connectivity index (χ3n) is 1.60. The van der Waals surface area contributed by atoms with Gasteiger partial charge in [-0.25, -0.2) is 4.79 Å². The van der Waals surface area contributed by atoms with Crippen molar-refractivity contribution in [1.82, 2.24) is 5.32 Å². The maximum absolute atomic E-state index is 10.9. The van der Waals surface area contributed by atoms with Gasteiger partial charge in [0.1, 0.15) is 5.04 Å². The topological polar surface area (TPSA) is 74.5 Å². The molecule has 0 aliphatic rings. The fourth-order valence-electron chi connectivity index (χ4n) is 0.916. The van der Waals surface area contributed by atoms with Crippen LogP contribution in [0.25, 0.3) is 0 Å². The Hall–Kier alpha value is -1.22. The molecule has 0 aromatic rings. The van der Waals surface area contributed by atoms with E-state index in [4.69, 9.17) is 5.26 Å². The lowest BCUT2D eigenvalue weighted by atomic mass is 9.93. The van der Waals surface area contributed by atoms with Crippen LogP contribution in [0.15, 0.2) is 5.16 Å². The minimum atomic E-state index is -0.586. The van der Waals surface area contributed by atoms with Gasteiger partial charge in [0, 0.05) is 25.6 Å². The monoisotopic (exact) mass is 257 g/mol. The van der Waals surface area contributed by atoms with Crippen LogP contribution in [0.3, 0.4) is 0 Å². The number of carbonyl (C=O) groups excluding carboxylic acids is 1. The first-order chi connectivity index (χ1) is 7.89. The van der Waals surface area contributed by atoms with Gasteiger partial charge >= 0.3 is 6.09 Å². The average molecular weight is 257 g/mol. The molecular weight excluding hydrogens is 238 g/mol. The number of nitrogens with one attached hydrogen (secondary N) is 1. The summed E-state index contributed by atoms with van der Waals surface area (Å²) in [5, 5.41) is 15.3. The van der Waals surface area contributed by atoms with Crippen LogP contribution < -0.4 is 5.32 Å². The molecule has 0 aliphatic heterocycles. The molecule has 0 bridgehead atoms. The zero-order chi connectivity index (χ0) is 13.3. The van der Waals surface area contributed by atoms with Crippen LogP contribution in [0.2, 0.25) is 0 Å². The van der Waals surface area contributed by atoms with E-state index in [0.717, 1.165) is 5.04 Å². The van der Waals surface area contributed by atoms with Crippen molar-refractivity contribution in [3.05, 3.63) is 0 Å². The number of hydrogen-bond acceptors (Lipinski definition) is 5. The van der Waals surface area contributed by atoms with Crippen molar-refractivity contribution in [1.29, 1.82) is 5.26 Å². The van der Waals surface area contributed by atoms with Gasteiger partial charge in [-0.15, -0.1) is 11.8 Å². The van der Waals surface area contributed by atoms with Crippen molar-refractivity contribution < 1.29 is 9.63 Å². The largest absolute Gasteiger partial charge is 0.433 e. The first kappa shape index (κ1) is 15.8. The number of carbonyl (C=O) groups is 1. The number of hydrogen-bond donors (Lipinski definition) is 1. The summed E-state index contributed by atoms with van der Waals surface area (Å²) in [6.45, 7) is 6.23. The zero-order valence-electron chi connectivity index (χ0n) is 10.7. The second-order valence-corrected chi connectivity index (χ2v) is 5.78. The predicted octanol–water partition coefficient (Wildman–Crippen LogP) is 2.74. The minimum Gasteiger partial charge on any atom is -0.323 e. The molecule has 96 valence electrons. The first-order valence-corrected chi connectivity index (χ1v) is 6.33. The summed E-state index contributed by atoms with van der Waals surface area (Å²) < 4.78 is 0. The number of nitrogens with zero attached hydrogens (tertiary/aromatic N) is 2. The quantitative estimate of drug-likeness (QED) is 0.276. The molecule has 0 unspecified atom stereocenters. The van der Waals surface area contributed by atoms with Crippen molar-refractivity contribution in [2.24, 2.45) is 10.6 Å². The Morgan fingerprint density at radius 3 is 2.65 bits per heavy atom. The molecule has 0 saturated carbocycles. The summed E-state index contributed by atoms with van der Waals surface area (Å²) in [6, 6.07) is 2.07. The lowest BCUT2D eigenvalue weighted by Gasteiger charge is -2.18. The van der Waals surface area contributed by atoms with Crippen molar-refractivity contribution in [2.45, 2.75) is 33.6 Å². The summed E-state index contributed by atoms with van der Waals surface area (Å²) in [6.07, 6.45) is 0.575. The molecule has 0 spiro atoms. The molecule has 0 aliphatic carbocycles. The van der Waals surface area contributed by atoms with Crippen LogP contribution in [0.5, 0.6) is 0 Å². The standard InChI is InChI=1S/C11H19N3O2S/c1-11(2,3)8-9(17-7-5-6-12)14-16-10(15)13-4/h5,7-8H2,1-4H3,(H,13,15). The van der Waals surface area contributed by atoms with Crippen molar-refractivity contribution >= 4 is 22.9 Å². The predicted molar refractivity (Wildman–Crippen MR) is 69.7 cm³/mol. The van der Waals surface area contributed by atoms with Crippen LogP contribution in [0.1, 0.15) is 33.6 Å². The second-order valence-electron chi connectivity index (χ2n) is 4.61. The van der Waals surface area contributed by atoms with E-state index in [1.54, 1.807) is 0 Å². The normalized spacial score (nSPS) is 11.8. The van der Waals surface area contributed by atoms with Gasteiger partial charge in [0.2, 0.25) is 0 Å². The number of thioether (sulfide) groups is 1. The van der Waals surface area contributed by atoms with Crippen LogP contribution in [0.4, 0.5) is 4.79 Å². The number of nitriles is 1. The molecule has 0 radical (unpaired) electrons. The zero-order valence-corrected chi connectivity index (χ0v) is 11.6. The van der Waals surface area contributed by atoms with E-state index in [1.165, 1.54) is 18.8 Å². The van der Waals surface area contributed by atoms with E-state index >= 15 is 0 Å². The molecule has 0 aromatic heterocycles. The maximum Gasteiger partial charge on any atom is 0.433 e. The van der Waals surface area contributed by atoms with E-state index in [-0.39, 0.29) is 5.41 Å². The second kappa shape index (κ2) is 7.96. The highest BCUT2D eigenvalue weighted by atomic mass is 32.2. The molecule has 0 heterocycles. The van der Waals surface area contributed by atoms with Gasteiger partial charge in [-0.3, -0.25) is 4.84 Å². The Kier molecular flexibility index (Phi) is 7.39. The average Bonchev–Trinajstić information content (AvgIpc) is 2.23. The third kappa shape index (κ3) is 9.69. The Morgan fingerprint density at radius 2 is 2.18 bits per heavy atom. The van der Waals surface area contributed by atoms with E-state index < -0.39 is 6.09 Å². The fraction of sp³-hybridized carbons (Fsp3) is 0.727. The molecule has 1 amide bonds. The van der Waals surface area contributed by atoms with Gasteiger partial charge in [-0.05, 0) is 5.41 Å². The van der Waals surface area contributed by atoms with Crippen LogP contribution >= 0.6 is 11.8 Å². The smallest absolute Gasteiger partial charge is 0.323 e. The first-order valence-electron chi connectivity index (χ1n) is 5.34. The highest BCUT2D eigenvalue weighted by Gasteiger charge is 2.16. The SMILES string of the molecule is CNC(=O)ON=C(CC(C)(C)C)SCCC#N. The van der Waals surface area contributed by atoms with Gasteiger partial charge in [0.15, 0.2) is 0 Å². The van der Waals surface area contributed by atoms with Crippen LogP contribution in [0, 0.1) is 16.7 Å². The summed E-state index contributed by atoms with van der Waals surface area (Å²) >= 11 is 1.45. The van der Waals surface area contributed by atoms with Gasteiger partial charge < -0.3 is 5.32 Å². The molecule has 0 saturated heterocycles. The van der Waals surface area contributed by atoms with E-state index in [9.17, 15) is 4.79 Å². The van der Waals surface area contributed by atoms with Gasteiger partial charge in [0.05, 0.1) is 6.07 Å². The molecule has 0 rings (SSSR count). The molecular formula is C11H19N3O2S. The van der Waals surface area contributed by atoms with E-state index in [2.05, 4.69) is 42.2 Å². The summed E-state index contributed by atoms with van der Waals surface area (Å²) in [5.41, 5.74) is 0.0600. The summed E-state index contributed by atoms with van der Waals surface area (Å²) in [7, 11) is 1.48. The third-order valence-corrected chi connectivity index (χ3v) is 2.56. The van der Waals surface area contributed by atoms with Crippen LogP contribution in [-0.2, 0) is 4.84 Å². The molecule has 1 N–H and O–H groups in total. The summed E-state index contributed by atoms with van der Waals surface area (Å²) in [5.74, 6) is 0.655. The Labute approximate surface area is 107 Å². The van der Waals surface area contributed by atoms with Crippen molar-refractivity contribution in [3.8, 4) is 6.07 Å². The lowest BCUT2D eigenvalue weighted by molar-refractivity contribution is 0.153. The number of rotatable bonds is 4. The van der Waals surface area contributed by atoms with Crippen LogP contribution in [-0.4, -0.2) is 23.9 Å². The van der Waals surface area contributed by atoms with E-state index in [1.807, 2.05) is 0 Å². The Balaban J connectivity index is 4.39. The molecule has 5 nitrogen and oxygen atoms in total. The lowest BCUT2D eigenvalue weighted by Crippen LogP contribution is -2.18. The molecule has 0 atom stereocenters. The maximum atomic E-state index is 10.9. The highest BCUT2D eigenvalue weighted by molar-refractivity contribution is 8.13.